The van der Waals surface area contributed by atoms with Crippen LogP contribution in [0, 0.1) is 0 Å². The summed E-state index contributed by atoms with van der Waals surface area (Å²) in [5.41, 5.74) is 8.58. The Bertz CT molecular complexity index is 953. The third kappa shape index (κ3) is 8.00. The highest BCUT2D eigenvalue weighted by Gasteiger charge is 2.28. The van der Waals surface area contributed by atoms with Crippen molar-refractivity contribution in [3.05, 3.63) is 54.1 Å². The third-order valence-electron chi connectivity index (χ3n) is 3.80. The smallest absolute Gasteiger partial charge is 0.480 e. The van der Waals surface area contributed by atoms with Gasteiger partial charge in [0, 0.05) is 7.05 Å². The van der Waals surface area contributed by atoms with Crippen LogP contribution in [0.1, 0.15) is 12.0 Å². The van der Waals surface area contributed by atoms with Crippen molar-refractivity contribution in [2.75, 3.05) is 13.7 Å². The standard InChI is InChI=1S/C19H23N2O9P/c1-21-29-15-7-3-2-6-13(15)10-11-18(22)28-16-8-4-5-9-17(16)30-31(25,26)27-12-14(20)19(23)24/h2-9,14,21H,10-12,20H2,1H3,(H,23,24)(H,25,26)/t14-/m0/s1. The van der Waals surface area contributed by atoms with Crippen molar-refractivity contribution in [2.24, 2.45) is 5.73 Å². The Morgan fingerprint density at radius 2 is 1.71 bits per heavy atom. The van der Waals surface area contributed by atoms with Crippen molar-refractivity contribution in [1.29, 1.82) is 0 Å². The Morgan fingerprint density at radius 1 is 1.10 bits per heavy atom. The summed E-state index contributed by atoms with van der Waals surface area (Å²) < 4.78 is 26.8. The van der Waals surface area contributed by atoms with Gasteiger partial charge in [0.15, 0.2) is 11.5 Å². The number of carboxylic acids is 1. The maximum absolute atomic E-state index is 12.3. The van der Waals surface area contributed by atoms with Crippen LogP contribution in [-0.4, -0.2) is 41.6 Å². The first-order chi connectivity index (χ1) is 14.7. The maximum Gasteiger partial charge on any atom is 0.527 e. The van der Waals surface area contributed by atoms with E-state index in [1.54, 1.807) is 31.3 Å². The zero-order valence-electron chi connectivity index (χ0n) is 16.6. The second-order valence-corrected chi connectivity index (χ2v) is 7.51. The molecule has 5 N–H and O–H groups in total. The van der Waals surface area contributed by atoms with Gasteiger partial charge >= 0.3 is 19.8 Å². The molecule has 1 unspecified atom stereocenters. The Kier molecular flexibility index (Phi) is 8.98. The fraction of sp³-hybridized carbons (Fsp3) is 0.263. The lowest BCUT2D eigenvalue weighted by Crippen LogP contribution is -2.34. The van der Waals surface area contributed by atoms with Crippen LogP contribution in [0.5, 0.6) is 17.2 Å². The van der Waals surface area contributed by atoms with Gasteiger partial charge < -0.3 is 24.9 Å². The molecule has 0 fully saturated rings. The Morgan fingerprint density at radius 3 is 2.35 bits per heavy atom. The average Bonchev–Trinajstić information content (AvgIpc) is 2.73. The van der Waals surface area contributed by atoms with E-state index in [4.69, 9.17) is 24.9 Å². The van der Waals surface area contributed by atoms with Crippen LogP contribution in [0.25, 0.3) is 0 Å². The minimum absolute atomic E-state index is 0.000821. The van der Waals surface area contributed by atoms with E-state index in [1.165, 1.54) is 24.3 Å². The van der Waals surface area contributed by atoms with Crippen LogP contribution in [0.3, 0.4) is 0 Å². The zero-order chi connectivity index (χ0) is 22.9. The van der Waals surface area contributed by atoms with Crippen LogP contribution in [0.15, 0.2) is 48.5 Å². The molecule has 2 atom stereocenters. The van der Waals surface area contributed by atoms with Gasteiger partial charge in [0.25, 0.3) is 0 Å². The fourth-order valence-electron chi connectivity index (χ4n) is 2.34. The van der Waals surface area contributed by atoms with Gasteiger partial charge in [-0.15, -0.1) is 0 Å². The number of aliphatic carboxylic acids is 1. The quantitative estimate of drug-likeness (QED) is 0.159. The maximum atomic E-state index is 12.3. The predicted molar refractivity (Wildman–Crippen MR) is 109 cm³/mol. The van der Waals surface area contributed by atoms with Gasteiger partial charge in [0.05, 0.1) is 13.0 Å². The number of benzene rings is 2. The molecule has 0 amide bonds. The molecule has 11 nitrogen and oxygen atoms in total. The minimum Gasteiger partial charge on any atom is -0.480 e. The molecule has 0 bridgehead atoms. The fourth-order valence-corrected chi connectivity index (χ4v) is 3.14. The van der Waals surface area contributed by atoms with Crippen LogP contribution < -0.4 is 25.3 Å². The molecule has 12 heteroatoms. The number of hydrogen-bond acceptors (Lipinski definition) is 9. The largest absolute Gasteiger partial charge is 0.527 e. The first kappa shape index (κ1) is 24.3. The summed E-state index contributed by atoms with van der Waals surface area (Å²) in [6, 6.07) is 11.3. The minimum atomic E-state index is -4.71. The van der Waals surface area contributed by atoms with Gasteiger partial charge in [-0.25, -0.2) is 4.57 Å². The lowest BCUT2D eigenvalue weighted by molar-refractivity contribution is -0.139. The van der Waals surface area contributed by atoms with Gasteiger partial charge in [-0.2, -0.15) is 5.48 Å². The van der Waals surface area contributed by atoms with Gasteiger partial charge in [0.2, 0.25) is 0 Å². The molecule has 0 aliphatic carbocycles. The zero-order valence-corrected chi connectivity index (χ0v) is 17.5. The number of hydrogen-bond donors (Lipinski definition) is 4. The van der Waals surface area contributed by atoms with Gasteiger partial charge in [-0.3, -0.25) is 19.0 Å². The number of phosphoric acid groups is 1. The summed E-state index contributed by atoms with van der Waals surface area (Å²) in [5.74, 6) is -1.79. The molecule has 2 rings (SSSR count). The lowest BCUT2D eigenvalue weighted by atomic mass is 10.1. The van der Waals surface area contributed by atoms with Crippen LogP contribution in [0.2, 0.25) is 0 Å². The lowest BCUT2D eigenvalue weighted by Gasteiger charge is -2.16. The van der Waals surface area contributed by atoms with E-state index in [9.17, 15) is 19.0 Å². The van der Waals surface area contributed by atoms with Crippen molar-refractivity contribution in [3.63, 3.8) is 0 Å². The molecule has 0 spiro atoms. The molecule has 168 valence electrons. The summed E-state index contributed by atoms with van der Waals surface area (Å²) in [7, 11) is -3.10. The van der Waals surface area contributed by atoms with E-state index < -0.39 is 32.4 Å². The normalized spacial score (nSPS) is 13.6. The molecule has 31 heavy (non-hydrogen) atoms. The summed E-state index contributed by atoms with van der Waals surface area (Å²) in [5, 5.41) is 8.71. The summed E-state index contributed by atoms with van der Waals surface area (Å²) >= 11 is 0. The Balaban J connectivity index is 1.99. The molecule has 2 aromatic carbocycles. The number of carboxylic acid groups (broad SMARTS) is 1. The topological polar surface area (TPSA) is 167 Å². The molecule has 0 aromatic heterocycles. The molecular formula is C19H23N2O9P. The summed E-state index contributed by atoms with van der Waals surface area (Å²) in [6.45, 7) is -0.751. The van der Waals surface area contributed by atoms with Crippen molar-refractivity contribution >= 4 is 19.8 Å². The first-order valence-corrected chi connectivity index (χ1v) is 10.6. The number of hydroxylamine groups is 1. The van der Waals surface area contributed by atoms with E-state index in [0.29, 0.717) is 12.2 Å². The van der Waals surface area contributed by atoms with E-state index in [1.807, 2.05) is 0 Å². The van der Waals surface area contributed by atoms with Crippen molar-refractivity contribution in [1.82, 2.24) is 5.48 Å². The molecule has 2 aromatic rings. The number of para-hydroxylation sites is 3. The SMILES string of the molecule is CNOc1ccccc1CCC(=O)Oc1ccccc1OP(=O)(O)OC[C@H](N)C(=O)O. The highest BCUT2D eigenvalue weighted by atomic mass is 31.2. The first-order valence-electron chi connectivity index (χ1n) is 9.08. The predicted octanol–water partition coefficient (Wildman–Crippen LogP) is 1.65. The van der Waals surface area contributed by atoms with E-state index in [-0.39, 0.29) is 17.9 Å². The number of nitrogens with two attached hydrogens (primary N) is 1. The van der Waals surface area contributed by atoms with Crippen molar-refractivity contribution in [2.45, 2.75) is 18.9 Å². The summed E-state index contributed by atoms with van der Waals surface area (Å²) in [4.78, 5) is 38.0. The van der Waals surface area contributed by atoms with Crippen molar-refractivity contribution < 1.29 is 42.8 Å². The number of carbonyl (C=O) groups is 2. The van der Waals surface area contributed by atoms with E-state index >= 15 is 0 Å². The van der Waals surface area contributed by atoms with E-state index in [0.717, 1.165) is 5.56 Å². The molecule has 0 aliphatic rings. The van der Waals surface area contributed by atoms with Crippen molar-refractivity contribution in [3.8, 4) is 17.2 Å². The van der Waals surface area contributed by atoms with Crippen LogP contribution in [0.4, 0.5) is 0 Å². The second-order valence-electron chi connectivity index (χ2n) is 6.14. The molecule has 0 saturated heterocycles. The molecule has 0 aliphatic heterocycles. The highest BCUT2D eigenvalue weighted by molar-refractivity contribution is 7.47. The number of esters is 1. The molecule has 0 radical (unpaired) electrons. The average molecular weight is 454 g/mol. The number of aryl methyl sites for hydroxylation is 1. The number of nitrogens with one attached hydrogen (secondary N) is 1. The Hall–Kier alpha value is -2.95. The van der Waals surface area contributed by atoms with Gasteiger partial charge in [-0.1, -0.05) is 30.3 Å². The molecule has 0 saturated carbocycles. The number of rotatable bonds is 12. The highest BCUT2D eigenvalue weighted by Crippen LogP contribution is 2.46. The number of carbonyl (C=O) groups excluding carboxylic acids is 1. The summed E-state index contributed by atoms with van der Waals surface area (Å²) in [6.07, 6.45) is 0.327. The second kappa shape index (κ2) is 11.4. The number of ether oxygens (including phenoxy) is 1. The Labute approximate surface area is 178 Å². The van der Waals surface area contributed by atoms with Gasteiger partial charge in [-0.05, 0) is 30.2 Å². The monoisotopic (exact) mass is 454 g/mol. The van der Waals surface area contributed by atoms with E-state index in [2.05, 4.69) is 10.0 Å². The van der Waals surface area contributed by atoms with Crippen LogP contribution in [-0.2, 0) is 25.1 Å². The number of phosphoric ester groups is 1. The molecule has 0 heterocycles. The van der Waals surface area contributed by atoms with Crippen LogP contribution >= 0.6 is 7.82 Å². The third-order valence-corrected chi connectivity index (χ3v) is 4.71. The molecular weight excluding hydrogens is 431 g/mol. The van der Waals surface area contributed by atoms with Gasteiger partial charge in [0.1, 0.15) is 11.8 Å².